The van der Waals surface area contributed by atoms with Gasteiger partial charge in [-0.2, -0.15) is 0 Å². The molecule has 0 radical (unpaired) electrons. The van der Waals surface area contributed by atoms with Crippen LogP contribution in [-0.4, -0.2) is 37.0 Å². The molecule has 1 fully saturated rings. The molecule has 0 N–H and O–H groups in total. The number of hydrogen-bond donors (Lipinski definition) is 0. The van der Waals surface area contributed by atoms with Gasteiger partial charge >= 0.3 is 0 Å². The van der Waals surface area contributed by atoms with Gasteiger partial charge in [0.05, 0.1) is 0 Å². The molecule has 0 aromatic heterocycles. The van der Waals surface area contributed by atoms with Crippen LogP contribution in [0, 0.1) is 6.92 Å². The Hall–Kier alpha value is -2.91. The lowest BCUT2D eigenvalue weighted by Gasteiger charge is -2.34. The first kappa shape index (κ1) is 23.3. The molecule has 1 aliphatic heterocycles. The minimum atomic E-state index is 0.100. The van der Waals surface area contributed by atoms with Crippen LogP contribution in [-0.2, 0) is 4.79 Å². The number of amides is 1. The van der Waals surface area contributed by atoms with Gasteiger partial charge in [-0.3, -0.25) is 4.79 Å². The van der Waals surface area contributed by atoms with E-state index in [0.717, 1.165) is 31.7 Å². The molecule has 1 amide bonds. The number of aryl methyl sites for hydroxylation is 1. The van der Waals surface area contributed by atoms with E-state index in [1.807, 2.05) is 4.90 Å². The zero-order chi connectivity index (χ0) is 23.0. The zero-order valence-electron chi connectivity index (χ0n) is 20.0. The van der Waals surface area contributed by atoms with Crippen molar-refractivity contribution >= 4 is 11.6 Å². The maximum Gasteiger partial charge on any atom is 0.223 e. The average molecular weight is 441 g/mol. The van der Waals surface area contributed by atoms with Crippen molar-refractivity contribution in [3.05, 3.63) is 102 Å². The van der Waals surface area contributed by atoms with Crippen LogP contribution < -0.4 is 4.90 Å². The molecular weight excluding hydrogens is 404 g/mol. The molecule has 0 spiro atoms. The highest BCUT2D eigenvalue weighted by Crippen LogP contribution is 2.30. The maximum absolute atomic E-state index is 12.6. The molecular formula is C30H36N2O. The summed E-state index contributed by atoms with van der Waals surface area (Å²) in [5.41, 5.74) is 4.99. The molecule has 1 aliphatic rings. The summed E-state index contributed by atoms with van der Waals surface area (Å²) < 4.78 is 0. The minimum absolute atomic E-state index is 0.100. The van der Waals surface area contributed by atoms with Gasteiger partial charge < -0.3 is 9.80 Å². The monoisotopic (exact) mass is 440 g/mol. The van der Waals surface area contributed by atoms with Crippen LogP contribution in [0.4, 0.5) is 5.69 Å². The summed E-state index contributed by atoms with van der Waals surface area (Å²) in [5.74, 6) is 1.09. The number of likely N-dealkylation sites (tertiary alicyclic amines) is 1. The quantitative estimate of drug-likeness (QED) is 0.404. The third kappa shape index (κ3) is 6.33. The van der Waals surface area contributed by atoms with Gasteiger partial charge in [-0.05, 0) is 75.0 Å². The van der Waals surface area contributed by atoms with E-state index in [4.69, 9.17) is 0 Å². The molecule has 3 aromatic carbocycles. The molecule has 4 rings (SSSR count). The van der Waals surface area contributed by atoms with Gasteiger partial charge in [-0.1, -0.05) is 78.4 Å². The molecule has 3 aromatic rings. The van der Waals surface area contributed by atoms with Crippen LogP contribution >= 0.6 is 0 Å². The Labute approximate surface area is 199 Å². The predicted molar refractivity (Wildman–Crippen MR) is 138 cm³/mol. The lowest BCUT2D eigenvalue weighted by Crippen LogP contribution is -2.37. The fraction of sp³-hybridized carbons (Fsp3) is 0.367. The van der Waals surface area contributed by atoms with Gasteiger partial charge in [-0.15, -0.1) is 0 Å². The predicted octanol–water partition coefficient (Wildman–Crippen LogP) is 6.40. The molecule has 1 unspecified atom stereocenters. The molecule has 0 bridgehead atoms. The van der Waals surface area contributed by atoms with E-state index in [1.54, 1.807) is 6.92 Å². The fourth-order valence-corrected chi connectivity index (χ4v) is 5.00. The molecule has 0 aliphatic carbocycles. The molecule has 0 saturated carbocycles. The molecule has 1 saturated heterocycles. The van der Waals surface area contributed by atoms with Crippen molar-refractivity contribution in [1.82, 2.24) is 4.90 Å². The summed E-state index contributed by atoms with van der Waals surface area (Å²) in [6, 6.07) is 29.9. The van der Waals surface area contributed by atoms with Crippen molar-refractivity contribution in [2.24, 2.45) is 0 Å². The Balaban J connectivity index is 1.41. The second-order valence-corrected chi connectivity index (χ2v) is 9.39. The lowest BCUT2D eigenvalue weighted by atomic mass is 9.89. The third-order valence-electron chi connectivity index (χ3n) is 7.05. The first-order valence-corrected chi connectivity index (χ1v) is 12.3. The number of benzene rings is 3. The summed E-state index contributed by atoms with van der Waals surface area (Å²) >= 11 is 0. The van der Waals surface area contributed by atoms with Gasteiger partial charge in [0, 0.05) is 25.1 Å². The second-order valence-electron chi connectivity index (χ2n) is 9.39. The molecule has 3 heteroatoms. The van der Waals surface area contributed by atoms with Gasteiger partial charge in [0.25, 0.3) is 0 Å². The highest BCUT2D eigenvalue weighted by molar-refractivity contribution is 5.91. The smallest absolute Gasteiger partial charge is 0.223 e. The lowest BCUT2D eigenvalue weighted by molar-refractivity contribution is -0.116. The van der Waals surface area contributed by atoms with Gasteiger partial charge in [0.1, 0.15) is 0 Å². The van der Waals surface area contributed by atoms with Crippen LogP contribution in [0.3, 0.4) is 0 Å². The van der Waals surface area contributed by atoms with Gasteiger partial charge in [-0.25, -0.2) is 0 Å². The highest BCUT2D eigenvalue weighted by atomic mass is 16.2. The minimum Gasteiger partial charge on any atom is -0.312 e. The molecule has 1 heterocycles. The van der Waals surface area contributed by atoms with Crippen LogP contribution in [0.1, 0.15) is 54.7 Å². The van der Waals surface area contributed by atoms with Crippen LogP contribution in [0.15, 0.2) is 84.9 Å². The Morgan fingerprint density at radius 2 is 1.52 bits per heavy atom. The van der Waals surface area contributed by atoms with Crippen molar-refractivity contribution in [1.29, 1.82) is 0 Å². The summed E-state index contributed by atoms with van der Waals surface area (Å²) in [4.78, 5) is 17.1. The SMILES string of the molecule is CC(=O)N(CC(CCN1CCC(c2ccccc2)CC1)c1ccccc1)c1ccc(C)cc1. The number of piperidine rings is 1. The van der Waals surface area contributed by atoms with Crippen molar-refractivity contribution in [2.75, 3.05) is 31.1 Å². The largest absolute Gasteiger partial charge is 0.312 e. The Kier molecular flexibility index (Phi) is 7.96. The second kappa shape index (κ2) is 11.3. The van der Waals surface area contributed by atoms with Crippen molar-refractivity contribution in [3.8, 4) is 0 Å². The van der Waals surface area contributed by atoms with Crippen molar-refractivity contribution in [2.45, 2.75) is 44.9 Å². The highest BCUT2D eigenvalue weighted by Gasteiger charge is 2.23. The number of carbonyl (C=O) groups excluding carboxylic acids is 1. The number of nitrogens with zero attached hydrogens (tertiary/aromatic N) is 2. The van der Waals surface area contributed by atoms with E-state index in [-0.39, 0.29) is 5.91 Å². The topological polar surface area (TPSA) is 23.6 Å². The number of hydrogen-bond acceptors (Lipinski definition) is 2. The van der Waals surface area contributed by atoms with Crippen molar-refractivity contribution in [3.63, 3.8) is 0 Å². The van der Waals surface area contributed by atoms with Crippen LogP contribution in [0.25, 0.3) is 0 Å². The van der Waals surface area contributed by atoms with E-state index in [0.29, 0.717) is 18.4 Å². The Morgan fingerprint density at radius 3 is 2.12 bits per heavy atom. The summed E-state index contributed by atoms with van der Waals surface area (Å²) in [7, 11) is 0. The van der Waals surface area contributed by atoms with E-state index >= 15 is 0 Å². The molecule has 3 nitrogen and oxygen atoms in total. The Morgan fingerprint density at radius 1 is 0.909 bits per heavy atom. The van der Waals surface area contributed by atoms with E-state index in [9.17, 15) is 4.79 Å². The third-order valence-corrected chi connectivity index (χ3v) is 7.05. The number of anilines is 1. The summed E-state index contributed by atoms with van der Waals surface area (Å²) in [5, 5.41) is 0. The van der Waals surface area contributed by atoms with E-state index < -0.39 is 0 Å². The maximum atomic E-state index is 12.6. The average Bonchev–Trinajstić information content (AvgIpc) is 2.86. The standard InChI is InChI=1S/C30H36N2O/c1-24-13-15-30(16-14-24)32(25(2)33)23-29(27-11-7-4-8-12-27)19-22-31-20-17-28(18-21-31)26-9-5-3-6-10-26/h3-16,28-29H,17-23H2,1-2H3. The van der Waals surface area contributed by atoms with Crippen LogP contribution in [0.5, 0.6) is 0 Å². The Bertz CT molecular complexity index is 992. The first-order chi connectivity index (χ1) is 16.1. The summed E-state index contributed by atoms with van der Waals surface area (Å²) in [6.07, 6.45) is 3.50. The first-order valence-electron chi connectivity index (χ1n) is 12.3. The summed E-state index contributed by atoms with van der Waals surface area (Å²) in [6.45, 7) is 7.83. The normalized spacial score (nSPS) is 15.8. The molecule has 1 atom stereocenters. The van der Waals surface area contributed by atoms with Crippen LogP contribution in [0.2, 0.25) is 0 Å². The fourth-order valence-electron chi connectivity index (χ4n) is 5.00. The number of carbonyl (C=O) groups is 1. The zero-order valence-corrected chi connectivity index (χ0v) is 20.0. The molecule has 172 valence electrons. The van der Waals surface area contributed by atoms with Crippen molar-refractivity contribution < 1.29 is 4.79 Å². The molecule has 33 heavy (non-hydrogen) atoms. The van der Waals surface area contributed by atoms with E-state index in [2.05, 4.69) is 96.8 Å². The van der Waals surface area contributed by atoms with E-state index in [1.165, 1.54) is 29.5 Å². The number of rotatable bonds is 8. The van der Waals surface area contributed by atoms with Gasteiger partial charge in [0.2, 0.25) is 5.91 Å². The van der Waals surface area contributed by atoms with Gasteiger partial charge in [0.15, 0.2) is 0 Å².